The Morgan fingerprint density at radius 2 is 2.21 bits per heavy atom. The largest absolute Gasteiger partial charge is 0.341 e. The van der Waals surface area contributed by atoms with Gasteiger partial charge in [0, 0.05) is 19.2 Å². The van der Waals surface area contributed by atoms with Gasteiger partial charge in [-0.3, -0.25) is 4.90 Å². The van der Waals surface area contributed by atoms with Gasteiger partial charge in [-0.05, 0) is 41.5 Å². The first kappa shape index (κ1) is 13.0. The summed E-state index contributed by atoms with van der Waals surface area (Å²) in [5.74, 6) is 0.635. The van der Waals surface area contributed by atoms with Crippen molar-refractivity contribution < 1.29 is 4.39 Å². The van der Waals surface area contributed by atoms with Crippen molar-refractivity contribution >= 4 is 27.0 Å². The summed E-state index contributed by atoms with van der Waals surface area (Å²) in [4.78, 5) is 10.1. The van der Waals surface area contributed by atoms with Crippen LogP contribution in [-0.4, -0.2) is 41.0 Å². The summed E-state index contributed by atoms with van der Waals surface area (Å²) in [5, 5.41) is 3.38. The number of aromatic nitrogens is 2. The molecule has 1 aliphatic heterocycles. The second-order valence-corrected chi connectivity index (χ2v) is 5.70. The molecule has 0 unspecified atom stereocenters. The van der Waals surface area contributed by atoms with Crippen LogP contribution in [0.5, 0.6) is 0 Å². The molecule has 0 aliphatic carbocycles. The van der Waals surface area contributed by atoms with Gasteiger partial charge in [0.15, 0.2) is 0 Å². The Hall–Kier alpha value is -0.980. The third-order valence-electron chi connectivity index (χ3n) is 3.38. The summed E-state index contributed by atoms with van der Waals surface area (Å²) in [7, 11) is 0. The highest BCUT2D eigenvalue weighted by molar-refractivity contribution is 9.10. The monoisotopic (exact) mass is 326 g/mol. The molecule has 0 atom stereocenters. The predicted molar refractivity (Wildman–Crippen MR) is 76.5 cm³/mol. The van der Waals surface area contributed by atoms with Crippen LogP contribution in [0.25, 0.3) is 11.0 Å². The van der Waals surface area contributed by atoms with E-state index in [9.17, 15) is 4.39 Å². The van der Waals surface area contributed by atoms with Crippen molar-refractivity contribution in [1.82, 2.24) is 20.2 Å². The molecule has 2 N–H and O–H groups in total. The fourth-order valence-electron chi connectivity index (χ4n) is 2.40. The number of hydrogen-bond donors (Lipinski definition) is 2. The van der Waals surface area contributed by atoms with Crippen molar-refractivity contribution in [3.05, 3.63) is 28.2 Å². The lowest BCUT2D eigenvalue weighted by atomic mass is 10.3. The Balaban J connectivity index is 1.80. The maximum atomic E-state index is 13.5. The molecule has 4 nitrogen and oxygen atoms in total. The van der Waals surface area contributed by atoms with Crippen LogP contribution in [0.1, 0.15) is 12.2 Å². The third kappa shape index (κ3) is 2.96. The SMILES string of the molecule is Fc1cc2[nH]c(CN3CCCNCC3)nc2cc1Br. The van der Waals surface area contributed by atoms with Gasteiger partial charge in [-0.25, -0.2) is 9.37 Å². The van der Waals surface area contributed by atoms with Crippen LogP contribution >= 0.6 is 15.9 Å². The lowest BCUT2D eigenvalue weighted by Gasteiger charge is -2.17. The van der Waals surface area contributed by atoms with Crippen LogP contribution in [0.3, 0.4) is 0 Å². The van der Waals surface area contributed by atoms with E-state index in [1.807, 2.05) is 0 Å². The van der Waals surface area contributed by atoms with Gasteiger partial charge >= 0.3 is 0 Å². The Morgan fingerprint density at radius 1 is 1.32 bits per heavy atom. The normalized spacial score (nSPS) is 17.8. The molecular formula is C13H16BrFN4. The number of H-pyrrole nitrogens is 1. The topological polar surface area (TPSA) is 44.0 Å². The van der Waals surface area contributed by atoms with Gasteiger partial charge in [0.1, 0.15) is 11.6 Å². The lowest BCUT2D eigenvalue weighted by molar-refractivity contribution is 0.278. The Kier molecular flexibility index (Phi) is 3.81. The summed E-state index contributed by atoms with van der Waals surface area (Å²) >= 11 is 3.19. The zero-order valence-corrected chi connectivity index (χ0v) is 12.1. The number of rotatable bonds is 2. The number of fused-ring (bicyclic) bond motifs is 1. The van der Waals surface area contributed by atoms with Crippen LogP contribution in [0.15, 0.2) is 16.6 Å². The van der Waals surface area contributed by atoms with Gasteiger partial charge in [0.25, 0.3) is 0 Å². The van der Waals surface area contributed by atoms with Crippen molar-refractivity contribution in [1.29, 1.82) is 0 Å². The highest BCUT2D eigenvalue weighted by Crippen LogP contribution is 2.22. The maximum absolute atomic E-state index is 13.5. The summed E-state index contributed by atoms with van der Waals surface area (Å²) < 4.78 is 13.9. The van der Waals surface area contributed by atoms with Crippen molar-refractivity contribution in [2.24, 2.45) is 0 Å². The molecule has 0 radical (unpaired) electrons. The van der Waals surface area contributed by atoms with Gasteiger partial charge in [-0.1, -0.05) is 0 Å². The molecule has 0 spiro atoms. The fourth-order valence-corrected chi connectivity index (χ4v) is 2.74. The van der Waals surface area contributed by atoms with E-state index in [-0.39, 0.29) is 5.82 Å². The van der Waals surface area contributed by atoms with E-state index in [4.69, 9.17) is 0 Å². The molecule has 102 valence electrons. The standard InChI is InChI=1S/C13H16BrFN4/c14-9-6-11-12(7-10(9)15)18-13(17-11)8-19-4-1-2-16-3-5-19/h6-7,16H,1-5,8H2,(H,17,18). The zero-order chi connectivity index (χ0) is 13.2. The molecule has 2 heterocycles. The molecule has 1 aromatic carbocycles. The van der Waals surface area contributed by atoms with Crippen LogP contribution in [-0.2, 0) is 6.54 Å². The molecule has 1 aromatic heterocycles. The number of halogens is 2. The van der Waals surface area contributed by atoms with Gasteiger partial charge in [0.2, 0.25) is 0 Å². The van der Waals surface area contributed by atoms with Crippen LogP contribution in [0.4, 0.5) is 4.39 Å². The van der Waals surface area contributed by atoms with Gasteiger partial charge < -0.3 is 10.3 Å². The first-order valence-electron chi connectivity index (χ1n) is 6.49. The first-order chi connectivity index (χ1) is 9.22. The summed E-state index contributed by atoms with van der Waals surface area (Å²) in [6, 6.07) is 3.20. The van der Waals surface area contributed by atoms with Crippen LogP contribution < -0.4 is 5.32 Å². The zero-order valence-electron chi connectivity index (χ0n) is 10.5. The molecule has 0 bridgehead atoms. The average Bonchev–Trinajstić information content (AvgIpc) is 2.60. The number of benzene rings is 1. The Morgan fingerprint density at radius 3 is 3.11 bits per heavy atom. The van der Waals surface area contributed by atoms with Crippen LogP contribution in [0.2, 0.25) is 0 Å². The minimum Gasteiger partial charge on any atom is -0.341 e. The molecule has 1 fully saturated rings. The molecule has 3 rings (SSSR count). The van der Waals surface area contributed by atoms with E-state index >= 15 is 0 Å². The molecule has 2 aromatic rings. The molecule has 1 aliphatic rings. The van der Waals surface area contributed by atoms with Gasteiger partial charge in [-0.15, -0.1) is 0 Å². The maximum Gasteiger partial charge on any atom is 0.139 e. The van der Waals surface area contributed by atoms with Crippen molar-refractivity contribution in [3.8, 4) is 0 Å². The summed E-state index contributed by atoms with van der Waals surface area (Å²) in [5.41, 5.74) is 1.56. The molecule has 6 heteroatoms. The summed E-state index contributed by atoms with van der Waals surface area (Å²) in [6.45, 7) is 4.97. The highest BCUT2D eigenvalue weighted by Gasteiger charge is 2.12. The Labute approximate surface area is 119 Å². The number of aromatic amines is 1. The minimum absolute atomic E-state index is 0.262. The third-order valence-corrected chi connectivity index (χ3v) is 3.99. The van der Waals surface area contributed by atoms with E-state index < -0.39 is 0 Å². The Bertz CT molecular complexity index is 536. The quantitative estimate of drug-likeness (QED) is 0.889. The van der Waals surface area contributed by atoms with Gasteiger partial charge in [0.05, 0.1) is 22.1 Å². The van der Waals surface area contributed by atoms with E-state index in [0.29, 0.717) is 4.47 Å². The van der Waals surface area contributed by atoms with Crippen molar-refractivity contribution in [2.75, 3.05) is 26.2 Å². The molecule has 1 saturated heterocycles. The van der Waals surface area contributed by atoms with Gasteiger partial charge in [-0.2, -0.15) is 0 Å². The average molecular weight is 327 g/mol. The number of hydrogen-bond acceptors (Lipinski definition) is 3. The second-order valence-electron chi connectivity index (χ2n) is 4.85. The molecular weight excluding hydrogens is 311 g/mol. The summed E-state index contributed by atoms with van der Waals surface area (Å²) in [6.07, 6.45) is 1.15. The number of imidazole rings is 1. The fraction of sp³-hybridized carbons (Fsp3) is 0.462. The number of nitrogens with one attached hydrogen (secondary N) is 2. The smallest absolute Gasteiger partial charge is 0.139 e. The first-order valence-corrected chi connectivity index (χ1v) is 7.28. The van der Waals surface area contributed by atoms with E-state index in [0.717, 1.165) is 56.0 Å². The minimum atomic E-state index is -0.262. The van der Waals surface area contributed by atoms with E-state index in [1.54, 1.807) is 6.07 Å². The van der Waals surface area contributed by atoms with E-state index in [1.165, 1.54) is 6.07 Å². The molecule has 19 heavy (non-hydrogen) atoms. The number of nitrogens with zero attached hydrogens (tertiary/aromatic N) is 2. The lowest BCUT2D eigenvalue weighted by Crippen LogP contribution is -2.28. The van der Waals surface area contributed by atoms with Crippen molar-refractivity contribution in [3.63, 3.8) is 0 Å². The van der Waals surface area contributed by atoms with Crippen molar-refractivity contribution in [2.45, 2.75) is 13.0 Å². The van der Waals surface area contributed by atoms with Crippen LogP contribution in [0, 0.1) is 5.82 Å². The molecule has 0 amide bonds. The molecule has 0 saturated carbocycles. The van der Waals surface area contributed by atoms with E-state index in [2.05, 4.69) is 36.1 Å². The second kappa shape index (κ2) is 5.56. The highest BCUT2D eigenvalue weighted by atomic mass is 79.9. The predicted octanol–water partition coefficient (Wildman–Crippen LogP) is 2.26.